The normalized spacial score (nSPS) is 10.4. The SMILES string of the molecule is Cc1nc(CNC(=O)c2cccc(N)c2C)sc1C(=O)O. The molecule has 1 amide bonds. The summed E-state index contributed by atoms with van der Waals surface area (Å²) in [6.45, 7) is 3.60. The molecule has 0 aliphatic carbocycles. The van der Waals surface area contributed by atoms with Crippen LogP contribution >= 0.6 is 11.3 Å². The van der Waals surface area contributed by atoms with Gasteiger partial charge in [0.15, 0.2) is 0 Å². The number of rotatable bonds is 4. The van der Waals surface area contributed by atoms with E-state index in [4.69, 9.17) is 10.8 Å². The number of nitrogens with one attached hydrogen (secondary N) is 1. The second-order valence-corrected chi connectivity index (χ2v) is 5.61. The van der Waals surface area contributed by atoms with Crippen LogP contribution in [0.4, 0.5) is 5.69 Å². The fourth-order valence-electron chi connectivity index (χ4n) is 1.88. The molecule has 0 unspecified atom stereocenters. The molecule has 6 nitrogen and oxygen atoms in total. The number of thiazole rings is 1. The smallest absolute Gasteiger partial charge is 0.347 e. The quantitative estimate of drug-likeness (QED) is 0.749. The fourth-order valence-corrected chi connectivity index (χ4v) is 2.72. The predicted molar refractivity (Wildman–Crippen MR) is 80.6 cm³/mol. The minimum absolute atomic E-state index is 0.186. The molecule has 0 spiro atoms. The minimum atomic E-state index is -1.01. The van der Waals surface area contributed by atoms with Gasteiger partial charge >= 0.3 is 5.97 Å². The Labute approximate surface area is 125 Å². The van der Waals surface area contributed by atoms with E-state index < -0.39 is 5.97 Å². The topological polar surface area (TPSA) is 105 Å². The highest BCUT2D eigenvalue weighted by molar-refractivity contribution is 7.13. The van der Waals surface area contributed by atoms with Gasteiger partial charge in [-0.1, -0.05) is 6.07 Å². The van der Waals surface area contributed by atoms with Gasteiger partial charge in [-0.25, -0.2) is 9.78 Å². The molecular weight excluding hydrogens is 290 g/mol. The van der Waals surface area contributed by atoms with Gasteiger partial charge in [0, 0.05) is 11.3 Å². The number of nitrogens with zero attached hydrogens (tertiary/aromatic N) is 1. The number of benzene rings is 1. The molecule has 0 aliphatic heterocycles. The van der Waals surface area contributed by atoms with Crippen LogP contribution in [0.2, 0.25) is 0 Å². The Kier molecular flexibility index (Phi) is 4.23. The number of aromatic carboxylic acids is 1. The lowest BCUT2D eigenvalue weighted by atomic mass is 10.1. The maximum atomic E-state index is 12.1. The zero-order valence-corrected chi connectivity index (χ0v) is 12.5. The number of anilines is 1. The average Bonchev–Trinajstić information content (AvgIpc) is 2.80. The first kappa shape index (κ1) is 15.0. The Morgan fingerprint density at radius 1 is 1.38 bits per heavy atom. The van der Waals surface area contributed by atoms with Crippen molar-refractivity contribution in [3.63, 3.8) is 0 Å². The molecule has 1 aromatic carbocycles. The van der Waals surface area contributed by atoms with Gasteiger partial charge in [-0.2, -0.15) is 0 Å². The summed E-state index contributed by atoms with van der Waals surface area (Å²) in [6.07, 6.45) is 0. The number of hydrogen-bond donors (Lipinski definition) is 3. The van der Waals surface area contributed by atoms with Crippen LogP contribution < -0.4 is 11.1 Å². The Bertz CT molecular complexity index is 709. The van der Waals surface area contributed by atoms with Crippen molar-refractivity contribution in [2.45, 2.75) is 20.4 Å². The molecule has 1 aromatic heterocycles. The second-order valence-electron chi connectivity index (χ2n) is 4.53. The summed E-state index contributed by atoms with van der Waals surface area (Å²) in [6, 6.07) is 5.14. The van der Waals surface area contributed by atoms with Crippen molar-refractivity contribution in [3.8, 4) is 0 Å². The van der Waals surface area contributed by atoms with Gasteiger partial charge < -0.3 is 16.2 Å². The number of carbonyl (C=O) groups excluding carboxylic acids is 1. The van der Waals surface area contributed by atoms with Crippen LogP contribution in [0, 0.1) is 13.8 Å². The number of carbonyl (C=O) groups is 2. The van der Waals surface area contributed by atoms with Crippen LogP contribution in [-0.4, -0.2) is 22.0 Å². The molecule has 0 bridgehead atoms. The largest absolute Gasteiger partial charge is 0.477 e. The molecule has 0 aliphatic rings. The Hall–Kier alpha value is -2.41. The molecule has 4 N–H and O–H groups in total. The van der Waals surface area contributed by atoms with E-state index in [0.29, 0.717) is 22.0 Å². The minimum Gasteiger partial charge on any atom is -0.477 e. The Morgan fingerprint density at radius 2 is 2.10 bits per heavy atom. The molecule has 0 fully saturated rings. The first-order valence-electron chi connectivity index (χ1n) is 6.23. The van der Waals surface area contributed by atoms with E-state index in [1.807, 2.05) is 0 Å². The standard InChI is InChI=1S/C14H15N3O3S/c1-7-9(4-3-5-10(7)15)13(18)16-6-11-17-8(2)12(21-11)14(19)20/h3-5H,6,15H2,1-2H3,(H,16,18)(H,19,20). The molecule has 0 saturated heterocycles. The maximum absolute atomic E-state index is 12.1. The number of aryl methyl sites for hydroxylation is 1. The molecule has 0 atom stereocenters. The number of aromatic nitrogens is 1. The van der Waals surface area contributed by atoms with Gasteiger partial charge in [-0.15, -0.1) is 11.3 Å². The molecule has 0 saturated carbocycles. The van der Waals surface area contributed by atoms with E-state index in [1.54, 1.807) is 32.0 Å². The van der Waals surface area contributed by atoms with E-state index in [2.05, 4.69) is 10.3 Å². The van der Waals surface area contributed by atoms with Crippen LogP contribution in [0.3, 0.4) is 0 Å². The number of nitrogens with two attached hydrogens (primary N) is 1. The molecule has 2 rings (SSSR count). The van der Waals surface area contributed by atoms with E-state index >= 15 is 0 Å². The van der Waals surface area contributed by atoms with E-state index in [-0.39, 0.29) is 17.3 Å². The summed E-state index contributed by atoms with van der Waals surface area (Å²) in [5.41, 5.74) is 8.00. The number of amides is 1. The molecule has 7 heteroatoms. The third-order valence-electron chi connectivity index (χ3n) is 3.06. The van der Waals surface area contributed by atoms with Gasteiger partial charge in [0.25, 0.3) is 5.91 Å². The van der Waals surface area contributed by atoms with Gasteiger partial charge in [0.1, 0.15) is 9.88 Å². The van der Waals surface area contributed by atoms with Crippen molar-refractivity contribution in [3.05, 3.63) is 44.9 Å². The predicted octanol–water partition coefficient (Wildman–Crippen LogP) is 1.97. The number of carboxylic acids is 1. The van der Waals surface area contributed by atoms with Gasteiger partial charge in [0.2, 0.25) is 0 Å². The number of nitrogen functional groups attached to an aromatic ring is 1. The van der Waals surface area contributed by atoms with E-state index in [0.717, 1.165) is 16.9 Å². The Morgan fingerprint density at radius 3 is 2.71 bits per heavy atom. The highest BCUT2D eigenvalue weighted by atomic mass is 32.1. The van der Waals surface area contributed by atoms with Crippen molar-refractivity contribution in [2.75, 3.05) is 5.73 Å². The number of hydrogen-bond acceptors (Lipinski definition) is 5. The lowest BCUT2D eigenvalue weighted by molar-refractivity contribution is 0.0701. The summed E-state index contributed by atoms with van der Waals surface area (Å²) in [7, 11) is 0. The lowest BCUT2D eigenvalue weighted by Crippen LogP contribution is -2.23. The van der Waals surface area contributed by atoms with Crippen LogP contribution in [0.15, 0.2) is 18.2 Å². The second kappa shape index (κ2) is 5.92. The molecule has 21 heavy (non-hydrogen) atoms. The van der Waals surface area contributed by atoms with Gasteiger partial charge in [-0.3, -0.25) is 4.79 Å². The molecule has 110 valence electrons. The highest BCUT2D eigenvalue weighted by Crippen LogP contribution is 2.19. The van der Waals surface area contributed by atoms with Crippen LogP contribution in [0.1, 0.15) is 36.3 Å². The summed E-state index contributed by atoms with van der Waals surface area (Å²) in [5, 5.41) is 12.2. The van der Waals surface area contributed by atoms with Crippen molar-refractivity contribution >= 4 is 28.9 Å². The summed E-state index contributed by atoms with van der Waals surface area (Å²) >= 11 is 1.06. The van der Waals surface area contributed by atoms with Crippen molar-refractivity contribution in [1.29, 1.82) is 0 Å². The van der Waals surface area contributed by atoms with Crippen LogP contribution in [-0.2, 0) is 6.54 Å². The molecule has 1 heterocycles. The molecule has 2 aromatic rings. The van der Waals surface area contributed by atoms with Crippen molar-refractivity contribution in [2.24, 2.45) is 0 Å². The molecular formula is C14H15N3O3S. The summed E-state index contributed by atoms with van der Waals surface area (Å²) < 4.78 is 0. The summed E-state index contributed by atoms with van der Waals surface area (Å²) in [4.78, 5) is 27.4. The van der Waals surface area contributed by atoms with Crippen molar-refractivity contribution < 1.29 is 14.7 Å². The Balaban J connectivity index is 2.09. The van der Waals surface area contributed by atoms with Crippen molar-refractivity contribution in [1.82, 2.24) is 10.3 Å². The van der Waals surface area contributed by atoms with Gasteiger partial charge in [0.05, 0.1) is 12.2 Å². The first-order valence-corrected chi connectivity index (χ1v) is 7.04. The fraction of sp³-hybridized carbons (Fsp3) is 0.214. The zero-order chi connectivity index (χ0) is 15.6. The number of carboxylic acid groups (broad SMARTS) is 1. The van der Waals surface area contributed by atoms with Crippen LogP contribution in [0.5, 0.6) is 0 Å². The highest BCUT2D eigenvalue weighted by Gasteiger charge is 2.15. The lowest BCUT2D eigenvalue weighted by Gasteiger charge is -2.08. The van der Waals surface area contributed by atoms with E-state index in [1.165, 1.54) is 0 Å². The zero-order valence-electron chi connectivity index (χ0n) is 11.6. The monoisotopic (exact) mass is 305 g/mol. The molecule has 0 radical (unpaired) electrons. The summed E-state index contributed by atoms with van der Waals surface area (Å²) in [5.74, 6) is -1.27. The average molecular weight is 305 g/mol. The third-order valence-corrected chi connectivity index (χ3v) is 4.20. The van der Waals surface area contributed by atoms with E-state index in [9.17, 15) is 9.59 Å². The first-order chi connectivity index (χ1) is 9.90. The third kappa shape index (κ3) is 3.19. The maximum Gasteiger partial charge on any atom is 0.347 e. The van der Waals surface area contributed by atoms with Crippen LogP contribution in [0.25, 0.3) is 0 Å². The van der Waals surface area contributed by atoms with Gasteiger partial charge in [-0.05, 0) is 31.5 Å².